The van der Waals surface area contributed by atoms with E-state index in [-0.39, 0.29) is 30.3 Å². The van der Waals surface area contributed by atoms with Crippen LogP contribution in [0.3, 0.4) is 0 Å². The lowest BCUT2D eigenvalue weighted by Gasteiger charge is -2.35. The normalized spacial score (nSPS) is 31.2. The second-order valence-electron chi connectivity index (χ2n) is 6.16. The first-order valence-electron chi connectivity index (χ1n) is 7.07. The summed E-state index contributed by atoms with van der Waals surface area (Å²) in [5.74, 6) is -0.380. The van der Waals surface area contributed by atoms with Crippen molar-refractivity contribution in [3.63, 3.8) is 0 Å². The first-order chi connectivity index (χ1) is 8.73. The number of nitrogens with one attached hydrogen (secondary N) is 1. The number of primary amides is 1. The molecule has 0 bridgehead atoms. The summed E-state index contributed by atoms with van der Waals surface area (Å²) in [6.07, 6.45) is 2.26. The van der Waals surface area contributed by atoms with Gasteiger partial charge < -0.3 is 15.2 Å². The molecule has 0 radical (unpaired) electrons. The number of nitrogens with two attached hydrogens (primary N) is 1. The molecule has 0 aliphatic carbocycles. The van der Waals surface area contributed by atoms with Crippen LogP contribution in [0.1, 0.15) is 47.5 Å². The van der Waals surface area contributed by atoms with Gasteiger partial charge in [0.1, 0.15) is 5.54 Å². The number of carbonyl (C=O) groups excluding carboxylic acids is 1. The molecule has 1 amide bonds. The van der Waals surface area contributed by atoms with Crippen molar-refractivity contribution in [2.75, 3.05) is 6.61 Å². The Balaban J connectivity index is 2.54. The summed E-state index contributed by atoms with van der Waals surface area (Å²) in [4.78, 5) is 11.6. The third-order valence-corrected chi connectivity index (χ3v) is 3.41. The predicted octanol–water partition coefficient (Wildman–Crippen LogP) is 1.20. The van der Waals surface area contributed by atoms with E-state index in [1.807, 2.05) is 27.7 Å². The fourth-order valence-electron chi connectivity index (χ4n) is 2.59. The highest BCUT2D eigenvalue weighted by atomic mass is 16.5. The van der Waals surface area contributed by atoms with Gasteiger partial charge in [-0.1, -0.05) is 0 Å². The average molecular weight is 272 g/mol. The van der Waals surface area contributed by atoms with Gasteiger partial charge >= 0.3 is 0 Å². The molecule has 0 aromatic carbocycles. The van der Waals surface area contributed by atoms with E-state index in [9.17, 15) is 4.79 Å². The van der Waals surface area contributed by atoms with Gasteiger partial charge in [-0.05, 0) is 47.5 Å². The second kappa shape index (κ2) is 6.68. The van der Waals surface area contributed by atoms with Crippen LogP contribution in [0.5, 0.6) is 0 Å². The van der Waals surface area contributed by atoms with Gasteiger partial charge in [0.05, 0.1) is 24.9 Å². The molecule has 3 atom stereocenters. The zero-order valence-corrected chi connectivity index (χ0v) is 12.7. The van der Waals surface area contributed by atoms with Gasteiger partial charge in [-0.25, -0.2) is 0 Å². The molecule has 1 rings (SSSR count). The van der Waals surface area contributed by atoms with Crippen LogP contribution in [0.15, 0.2) is 0 Å². The van der Waals surface area contributed by atoms with Crippen molar-refractivity contribution in [3.8, 4) is 0 Å². The van der Waals surface area contributed by atoms with Crippen molar-refractivity contribution in [1.82, 2.24) is 5.32 Å². The molecule has 0 aromatic rings. The van der Waals surface area contributed by atoms with Gasteiger partial charge in [0, 0.05) is 6.04 Å². The quantitative estimate of drug-likeness (QED) is 0.762. The van der Waals surface area contributed by atoms with Crippen LogP contribution in [0.4, 0.5) is 0 Å². The average Bonchev–Trinajstić information content (AvgIpc) is 2.24. The van der Waals surface area contributed by atoms with E-state index in [4.69, 9.17) is 15.2 Å². The number of hydrogen-bond donors (Lipinski definition) is 2. The Hall–Kier alpha value is -0.650. The maximum atomic E-state index is 11.6. The number of carbonyl (C=O) groups is 1. The second-order valence-corrected chi connectivity index (χ2v) is 6.16. The Morgan fingerprint density at radius 3 is 2.37 bits per heavy atom. The fourth-order valence-corrected chi connectivity index (χ4v) is 2.59. The van der Waals surface area contributed by atoms with Crippen LogP contribution in [0, 0.1) is 0 Å². The molecule has 0 aromatic heterocycles. The molecular weight excluding hydrogens is 244 g/mol. The Bertz CT molecular complexity index is 299. The third-order valence-electron chi connectivity index (χ3n) is 3.41. The summed E-state index contributed by atoms with van der Waals surface area (Å²) in [5.41, 5.74) is 4.66. The molecule has 0 spiro atoms. The summed E-state index contributed by atoms with van der Waals surface area (Å²) < 4.78 is 11.6. The van der Waals surface area contributed by atoms with Gasteiger partial charge in [0.15, 0.2) is 0 Å². The lowest BCUT2D eigenvalue weighted by atomic mass is 9.99. The lowest BCUT2D eigenvalue weighted by molar-refractivity contribution is -0.133. The van der Waals surface area contributed by atoms with E-state index in [1.54, 1.807) is 6.92 Å². The van der Waals surface area contributed by atoms with Gasteiger partial charge in [-0.3, -0.25) is 10.1 Å². The number of hydrogen-bond acceptors (Lipinski definition) is 4. The van der Waals surface area contributed by atoms with Crippen LogP contribution < -0.4 is 11.1 Å². The number of amides is 1. The summed E-state index contributed by atoms with van der Waals surface area (Å²) in [5, 5.41) is 3.19. The van der Waals surface area contributed by atoms with Crippen LogP contribution >= 0.6 is 0 Å². The van der Waals surface area contributed by atoms with E-state index < -0.39 is 5.54 Å². The van der Waals surface area contributed by atoms with Crippen molar-refractivity contribution < 1.29 is 14.3 Å². The van der Waals surface area contributed by atoms with Crippen LogP contribution in [-0.4, -0.2) is 42.4 Å². The zero-order valence-electron chi connectivity index (χ0n) is 12.7. The fraction of sp³-hybridized carbons (Fsp3) is 0.929. The lowest BCUT2D eigenvalue weighted by Crippen LogP contribution is -2.59. The zero-order chi connectivity index (χ0) is 14.6. The standard InChI is InChI=1S/C14H28N2O3/c1-9(2)16-14(5,13(15)17)8-18-12-6-10(3)19-11(4)7-12/h9-12,16H,6-8H2,1-5H3,(H2,15,17). The van der Waals surface area contributed by atoms with Crippen molar-refractivity contribution in [1.29, 1.82) is 0 Å². The Labute approximate surface area is 116 Å². The molecule has 1 saturated heterocycles. The number of rotatable bonds is 6. The molecule has 1 aliphatic heterocycles. The maximum Gasteiger partial charge on any atom is 0.239 e. The topological polar surface area (TPSA) is 73.6 Å². The highest BCUT2D eigenvalue weighted by molar-refractivity contribution is 5.84. The van der Waals surface area contributed by atoms with E-state index >= 15 is 0 Å². The highest BCUT2D eigenvalue weighted by Crippen LogP contribution is 2.22. The number of ether oxygens (including phenoxy) is 2. The molecule has 1 heterocycles. The van der Waals surface area contributed by atoms with Gasteiger partial charge in [0.2, 0.25) is 5.91 Å². The van der Waals surface area contributed by atoms with Crippen LogP contribution in [-0.2, 0) is 14.3 Å². The SMILES string of the molecule is CC(C)NC(C)(COC1CC(C)OC(C)C1)C(N)=O. The minimum atomic E-state index is -0.820. The van der Waals surface area contributed by atoms with Crippen LogP contribution in [0.2, 0.25) is 0 Å². The monoisotopic (exact) mass is 272 g/mol. The molecule has 0 saturated carbocycles. The molecular formula is C14H28N2O3. The van der Waals surface area contributed by atoms with Crippen LogP contribution in [0.25, 0.3) is 0 Å². The Morgan fingerprint density at radius 2 is 1.95 bits per heavy atom. The Morgan fingerprint density at radius 1 is 1.42 bits per heavy atom. The van der Waals surface area contributed by atoms with Crippen molar-refractivity contribution in [2.24, 2.45) is 5.73 Å². The summed E-state index contributed by atoms with van der Waals surface area (Å²) in [6.45, 7) is 10.2. The smallest absolute Gasteiger partial charge is 0.239 e. The highest BCUT2D eigenvalue weighted by Gasteiger charge is 2.34. The molecule has 3 unspecified atom stereocenters. The molecule has 5 heteroatoms. The predicted molar refractivity (Wildman–Crippen MR) is 74.9 cm³/mol. The molecule has 3 N–H and O–H groups in total. The van der Waals surface area contributed by atoms with Gasteiger partial charge in [0.25, 0.3) is 0 Å². The van der Waals surface area contributed by atoms with E-state index in [2.05, 4.69) is 5.32 Å². The third kappa shape index (κ3) is 5.09. The molecule has 19 heavy (non-hydrogen) atoms. The van der Waals surface area contributed by atoms with Gasteiger partial charge in [-0.15, -0.1) is 0 Å². The van der Waals surface area contributed by atoms with E-state index in [0.29, 0.717) is 6.61 Å². The first kappa shape index (κ1) is 16.4. The van der Waals surface area contributed by atoms with E-state index in [1.165, 1.54) is 0 Å². The Kier molecular flexibility index (Phi) is 5.77. The van der Waals surface area contributed by atoms with Gasteiger partial charge in [-0.2, -0.15) is 0 Å². The van der Waals surface area contributed by atoms with E-state index in [0.717, 1.165) is 12.8 Å². The van der Waals surface area contributed by atoms with Crippen molar-refractivity contribution in [2.45, 2.75) is 77.4 Å². The molecule has 1 fully saturated rings. The summed E-state index contributed by atoms with van der Waals surface area (Å²) in [7, 11) is 0. The molecule has 112 valence electrons. The minimum absolute atomic E-state index is 0.131. The largest absolute Gasteiger partial charge is 0.376 e. The molecule has 5 nitrogen and oxygen atoms in total. The molecule has 1 aliphatic rings. The minimum Gasteiger partial charge on any atom is -0.376 e. The summed E-state index contributed by atoms with van der Waals surface area (Å²) in [6, 6.07) is 0.175. The summed E-state index contributed by atoms with van der Waals surface area (Å²) >= 11 is 0. The maximum absolute atomic E-state index is 11.6. The van der Waals surface area contributed by atoms with Crippen molar-refractivity contribution in [3.05, 3.63) is 0 Å². The van der Waals surface area contributed by atoms with Crippen molar-refractivity contribution >= 4 is 5.91 Å². The first-order valence-corrected chi connectivity index (χ1v) is 7.07.